The Morgan fingerprint density at radius 3 is 2.71 bits per heavy atom. The van der Waals surface area contributed by atoms with Crippen LogP contribution in [0, 0.1) is 4.91 Å². The van der Waals surface area contributed by atoms with Gasteiger partial charge in [0.2, 0.25) is 0 Å². The van der Waals surface area contributed by atoms with Crippen molar-refractivity contribution in [3.63, 3.8) is 0 Å². The number of hydrogen-bond donors (Lipinski definition) is 2. The highest BCUT2D eigenvalue weighted by molar-refractivity contribution is 6.01. The minimum Gasteiger partial charge on any atom is -0.512 e. The summed E-state index contributed by atoms with van der Waals surface area (Å²) in [6, 6.07) is -0.547. The molecule has 1 aliphatic heterocycles. The van der Waals surface area contributed by atoms with E-state index in [1.54, 1.807) is 13.0 Å². The number of nitroso groups, excluding NO2 is 1. The number of allylic oxidation sites excluding steroid dienone is 4. The van der Waals surface area contributed by atoms with Crippen molar-refractivity contribution in [2.75, 3.05) is 19.8 Å². The molecule has 8 heteroatoms. The molecule has 0 saturated carbocycles. The largest absolute Gasteiger partial charge is 0.512 e. The van der Waals surface area contributed by atoms with Gasteiger partial charge in [0.25, 0.3) is 0 Å². The van der Waals surface area contributed by atoms with Gasteiger partial charge in [0, 0.05) is 6.42 Å². The van der Waals surface area contributed by atoms with Crippen LogP contribution in [0.5, 0.6) is 0 Å². The highest BCUT2D eigenvalue weighted by Crippen LogP contribution is 2.21. The van der Waals surface area contributed by atoms with Gasteiger partial charge >= 0.3 is 5.97 Å². The average molecular weight is 392 g/mol. The highest BCUT2D eigenvalue weighted by atomic mass is 16.6. The third-order valence-corrected chi connectivity index (χ3v) is 3.77. The maximum atomic E-state index is 12.4. The summed E-state index contributed by atoms with van der Waals surface area (Å²) in [5, 5.41) is 26.3. The van der Waals surface area contributed by atoms with E-state index in [9.17, 15) is 19.9 Å². The molecule has 1 atom stereocenters. The molecule has 1 rings (SSSR count). The normalized spacial score (nSPS) is 24.8. The number of carbonyl (C=O) groups excluding carboxylic acids is 1. The fraction of sp³-hybridized carbons (Fsp3) is 0.500. The van der Waals surface area contributed by atoms with E-state index < -0.39 is 12.0 Å². The van der Waals surface area contributed by atoms with Crippen LogP contribution in [0.1, 0.15) is 39.5 Å². The summed E-state index contributed by atoms with van der Waals surface area (Å²) in [4.78, 5) is 28.1. The summed E-state index contributed by atoms with van der Waals surface area (Å²) in [6.45, 7) is 2.87. The maximum Gasteiger partial charge on any atom is 0.341 e. The van der Waals surface area contributed by atoms with E-state index >= 15 is 0 Å². The number of nitrogens with zero attached hydrogens (tertiary/aromatic N) is 2. The number of hydrogen-bond acceptors (Lipinski definition) is 8. The van der Waals surface area contributed by atoms with Crippen LogP contribution in [0.15, 0.2) is 57.6 Å². The molecule has 0 aromatic carbocycles. The lowest BCUT2D eigenvalue weighted by Gasteiger charge is -2.13. The SMILES string of the molecule is C/C(O)=C1/C(=O)OCC/C=C/CC/C=C/C(=N/OCC(C)N=O)C/C1=C/CO. The first kappa shape index (κ1) is 23.3. The summed E-state index contributed by atoms with van der Waals surface area (Å²) in [6.07, 6.45) is 11.3. The first-order valence-corrected chi connectivity index (χ1v) is 9.19. The Bertz CT molecular complexity index is 672. The molecule has 1 aliphatic rings. The van der Waals surface area contributed by atoms with Crippen molar-refractivity contribution in [2.45, 2.75) is 45.6 Å². The van der Waals surface area contributed by atoms with E-state index in [2.05, 4.69) is 10.3 Å². The second kappa shape index (κ2) is 13.4. The van der Waals surface area contributed by atoms with Crippen LogP contribution in [0.3, 0.4) is 0 Å². The zero-order valence-electron chi connectivity index (χ0n) is 16.3. The van der Waals surface area contributed by atoms with E-state index in [-0.39, 0.29) is 37.6 Å². The first-order chi connectivity index (χ1) is 13.5. The van der Waals surface area contributed by atoms with Crippen LogP contribution in [0.4, 0.5) is 0 Å². The van der Waals surface area contributed by atoms with Gasteiger partial charge in [-0.2, -0.15) is 4.91 Å². The predicted molar refractivity (Wildman–Crippen MR) is 107 cm³/mol. The Morgan fingerprint density at radius 1 is 1.32 bits per heavy atom. The molecule has 0 fully saturated rings. The number of esters is 1. The number of ether oxygens (including phenoxy) is 1. The molecule has 1 unspecified atom stereocenters. The molecule has 0 saturated heterocycles. The van der Waals surface area contributed by atoms with Gasteiger partial charge in [-0.15, -0.1) is 0 Å². The average Bonchev–Trinajstić information content (AvgIpc) is 2.65. The second-order valence-corrected chi connectivity index (χ2v) is 6.26. The number of aliphatic hydroxyl groups is 2. The van der Waals surface area contributed by atoms with E-state index in [0.29, 0.717) is 17.7 Å². The molecular formula is C20H28N2O6. The summed E-state index contributed by atoms with van der Waals surface area (Å²) in [7, 11) is 0. The van der Waals surface area contributed by atoms with E-state index in [4.69, 9.17) is 9.57 Å². The summed E-state index contributed by atoms with van der Waals surface area (Å²) in [5.74, 6) is -0.886. The fourth-order valence-electron chi connectivity index (χ4n) is 2.40. The quantitative estimate of drug-likeness (QED) is 0.185. The van der Waals surface area contributed by atoms with Gasteiger partial charge in [-0.25, -0.2) is 4.79 Å². The molecule has 2 N–H and O–H groups in total. The van der Waals surface area contributed by atoms with Crippen molar-refractivity contribution in [1.82, 2.24) is 0 Å². The molecule has 8 nitrogen and oxygen atoms in total. The molecule has 0 aromatic rings. The van der Waals surface area contributed by atoms with Crippen LogP contribution >= 0.6 is 0 Å². The Labute approximate surface area is 164 Å². The van der Waals surface area contributed by atoms with Gasteiger partial charge in [0.05, 0.1) is 18.9 Å². The van der Waals surface area contributed by atoms with Crippen molar-refractivity contribution in [2.24, 2.45) is 10.3 Å². The molecule has 0 bridgehead atoms. The molecule has 0 amide bonds. The molecule has 154 valence electrons. The highest BCUT2D eigenvalue weighted by Gasteiger charge is 2.21. The van der Waals surface area contributed by atoms with Crippen LogP contribution in [-0.2, 0) is 14.4 Å². The molecular weight excluding hydrogens is 364 g/mol. The number of oxime groups is 1. The number of cyclic esters (lactones) is 1. The van der Waals surface area contributed by atoms with Crippen molar-refractivity contribution < 1.29 is 24.6 Å². The molecule has 0 aromatic heterocycles. The van der Waals surface area contributed by atoms with E-state index in [0.717, 1.165) is 12.8 Å². The van der Waals surface area contributed by atoms with Crippen LogP contribution in [0.2, 0.25) is 0 Å². The van der Waals surface area contributed by atoms with Crippen molar-refractivity contribution in [3.8, 4) is 0 Å². The summed E-state index contributed by atoms with van der Waals surface area (Å²) < 4.78 is 5.23. The van der Waals surface area contributed by atoms with Crippen molar-refractivity contribution in [1.29, 1.82) is 0 Å². The lowest BCUT2D eigenvalue weighted by Crippen LogP contribution is -2.15. The fourth-order valence-corrected chi connectivity index (χ4v) is 2.40. The van der Waals surface area contributed by atoms with Gasteiger partial charge in [-0.1, -0.05) is 34.6 Å². The zero-order chi connectivity index (χ0) is 20.8. The topological polar surface area (TPSA) is 118 Å². The lowest BCUT2D eigenvalue weighted by atomic mass is 9.98. The van der Waals surface area contributed by atoms with Crippen LogP contribution in [-0.4, -0.2) is 47.8 Å². The molecule has 1 heterocycles. The molecule has 0 aliphatic carbocycles. The summed E-state index contributed by atoms with van der Waals surface area (Å²) >= 11 is 0. The smallest absolute Gasteiger partial charge is 0.341 e. The minimum atomic E-state index is -0.673. The Hall–Kier alpha value is -2.74. The monoisotopic (exact) mass is 392 g/mol. The Morgan fingerprint density at radius 2 is 2.04 bits per heavy atom. The zero-order valence-corrected chi connectivity index (χ0v) is 16.3. The first-order valence-electron chi connectivity index (χ1n) is 9.19. The molecule has 0 spiro atoms. The van der Waals surface area contributed by atoms with Crippen molar-refractivity contribution >= 4 is 11.7 Å². The standard InChI is InChI=1S/C20H28N2O6/c1-15(21-26)14-28-22-18-9-7-5-3-4-6-8-12-27-20(25)19(16(2)24)17(13-18)10-11-23/h4,6-7,9-10,15,23-24H,3,5,8,11-14H2,1-2H3/b6-4+,9-7+,17-10-,19-16-,22-18-. The third kappa shape index (κ3) is 8.77. The van der Waals surface area contributed by atoms with E-state index in [1.165, 1.54) is 13.0 Å². The van der Waals surface area contributed by atoms with Gasteiger partial charge in [-0.05, 0) is 44.8 Å². The minimum absolute atomic E-state index is 0.0147. The van der Waals surface area contributed by atoms with Gasteiger partial charge in [0.1, 0.15) is 24.0 Å². The molecule has 28 heavy (non-hydrogen) atoms. The Kier molecular flexibility index (Phi) is 11.2. The second-order valence-electron chi connectivity index (χ2n) is 6.26. The molecule has 0 radical (unpaired) electrons. The van der Waals surface area contributed by atoms with Crippen LogP contribution in [0.25, 0.3) is 0 Å². The van der Waals surface area contributed by atoms with Crippen LogP contribution < -0.4 is 0 Å². The van der Waals surface area contributed by atoms with E-state index in [1.807, 2.05) is 18.2 Å². The number of aliphatic hydroxyl groups excluding tert-OH is 2. The van der Waals surface area contributed by atoms with Gasteiger partial charge < -0.3 is 19.8 Å². The third-order valence-electron chi connectivity index (χ3n) is 3.77. The van der Waals surface area contributed by atoms with Gasteiger partial charge in [0.15, 0.2) is 0 Å². The van der Waals surface area contributed by atoms with Crippen molar-refractivity contribution in [3.05, 3.63) is 52.2 Å². The Balaban J connectivity index is 3.19. The number of carbonyl (C=O) groups is 1. The lowest BCUT2D eigenvalue weighted by molar-refractivity contribution is -0.138. The predicted octanol–water partition coefficient (Wildman–Crippen LogP) is 3.49. The maximum absolute atomic E-state index is 12.4. The summed E-state index contributed by atoms with van der Waals surface area (Å²) in [5.41, 5.74) is 0.818. The van der Waals surface area contributed by atoms with Gasteiger partial charge in [-0.3, -0.25) is 0 Å². The number of rotatable bonds is 5.